The minimum absolute atomic E-state index is 0.0458. The Morgan fingerprint density at radius 3 is 2.75 bits per heavy atom. The van der Waals surface area contributed by atoms with Crippen molar-refractivity contribution in [2.24, 2.45) is 11.8 Å². The van der Waals surface area contributed by atoms with E-state index >= 15 is 0 Å². The third-order valence-electron chi connectivity index (χ3n) is 5.02. The van der Waals surface area contributed by atoms with Crippen LogP contribution in [0.2, 0.25) is 0 Å². The summed E-state index contributed by atoms with van der Waals surface area (Å²) >= 11 is 1.47. The SMILES string of the molecule is Cc1ncn2cc(C3=C(C(=O)O)N4C(=O)[C@H]([C@@H](C)O)[C@H]4[C@H]3C)sc12. The number of nitrogens with zero attached hydrogens (tertiary/aromatic N) is 3. The molecule has 0 bridgehead atoms. The van der Waals surface area contributed by atoms with E-state index in [0.717, 1.165) is 15.4 Å². The summed E-state index contributed by atoms with van der Waals surface area (Å²) < 4.78 is 1.87. The summed E-state index contributed by atoms with van der Waals surface area (Å²) in [5, 5.41) is 19.6. The standard InChI is InChI=1S/C16H17N3O4S/c1-6-10(9-4-18-5-17-7(2)15(18)24-9)13(16(22)23)19-12(6)11(8(3)20)14(19)21/h4-6,8,11-12,20H,1-3H3,(H,22,23)/t6-,8+,11+,12+/m0/s1. The third-order valence-corrected chi connectivity index (χ3v) is 6.27. The molecule has 2 aliphatic rings. The van der Waals surface area contributed by atoms with E-state index in [1.54, 1.807) is 13.3 Å². The lowest BCUT2D eigenvalue weighted by Crippen LogP contribution is -2.63. The Morgan fingerprint density at radius 1 is 1.46 bits per heavy atom. The summed E-state index contributed by atoms with van der Waals surface area (Å²) in [5.41, 5.74) is 1.59. The van der Waals surface area contributed by atoms with Crippen LogP contribution in [0.5, 0.6) is 0 Å². The maximum atomic E-state index is 12.4. The van der Waals surface area contributed by atoms with Crippen LogP contribution in [0.1, 0.15) is 24.4 Å². The van der Waals surface area contributed by atoms with E-state index < -0.39 is 18.0 Å². The predicted octanol–water partition coefficient (Wildman–Crippen LogP) is 1.36. The number of aliphatic carboxylic acids is 1. The zero-order chi connectivity index (χ0) is 17.3. The van der Waals surface area contributed by atoms with E-state index in [2.05, 4.69) is 4.98 Å². The number of aromatic nitrogens is 2. The van der Waals surface area contributed by atoms with E-state index in [9.17, 15) is 19.8 Å². The number of thiazole rings is 1. The van der Waals surface area contributed by atoms with Gasteiger partial charge in [-0.2, -0.15) is 0 Å². The lowest BCUT2D eigenvalue weighted by Gasteiger charge is -2.46. The number of carbonyl (C=O) groups is 2. The van der Waals surface area contributed by atoms with Crippen molar-refractivity contribution in [3.63, 3.8) is 0 Å². The van der Waals surface area contributed by atoms with E-state index in [1.165, 1.54) is 16.2 Å². The number of amides is 1. The fraction of sp³-hybridized carbons (Fsp3) is 0.438. The first kappa shape index (κ1) is 15.3. The summed E-state index contributed by atoms with van der Waals surface area (Å²) in [7, 11) is 0. The van der Waals surface area contributed by atoms with Crippen LogP contribution in [-0.2, 0) is 9.59 Å². The van der Waals surface area contributed by atoms with Crippen molar-refractivity contribution in [1.82, 2.24) is 14.3 Å². The fourth-order valence-corrected chi connectivity index (χ4v) is 5.11. The molecule has 4 heterocycles. The van der Waals surface area contributed by atoms with Crippen LogP contribution in [0.15, 0.2) is 18.2 Å². The maximum Gasteiger partial charge on any atom is 0.352 e. The van der Waals surface area contributed by atoms with Crippen LogP contribution in [0, 0.1) is 18.8 Å². The van der Waals surface area contributed by atoms with E-state index in [0.29, 0.717) is 5.57 Å². The summed E-state index contributed by atoms with van der Waals surface area (Å²) in [5.74, 6) is -2.11. The van der Waals surface area contributed by atoms with Crippen LogP contribution >= 0.6 is 11.3 Å². The van der Waals surface area contributed by atoms with Crippen molar-refractivity contribution in [1.29, 1.82) is 0 Å². The Labute approximate surface area is 141 Å². The molecular weight excluding hydrogens is 330 g/mol. The Balaban J connectivity index is 1.86. The third kappa shape index (κ3) is 1.78. The lowest BCUT2D eigenvalue weighted by atomic mass is 9.77. The number of carboxylic acid groups (broad SMARTS) is 1. The normalized spacial score (nSPS) is 27.6. The average Bonchev–Trinajstić information content (AvgIpc) is 3.11. The Morgan fingerprint density at radius 2 is 2.17 bits per heavy atom. The molecule has 8 heteroatoms. The molecule has 1 amide bonds. The topological polar surface area (TPSA) is 95.1 Å². The lowest BCUT2D eigenvalue weighted by molar-refractivity contribution is -0.163. The quantitative estimate of drug-likeness (QED) is 0.818. The number of hydrogen-bond donors (Lipinski definition) is 2. The zero-order valence-corrected chi connectivity index (χ0v) is 14.2. The van der Waals surface area contributed by atoms with Crippen molar-refractivity contribution in [3.05, 3.63) is 28.8 Å². The Hall–Kier alpha value is -2.19. The number of aryl methyl sites for hydroxylation is 1. The number of aliphatic hydroxyl groups excluding tert-OH is 1. The van der Waals surface area contributed by atoms with Gasteiger partial charge in [-0.3, -0.25) is 9.20 Å². The number of carbonyl (C=O) groups excluding carboxylic acids is 1. The van der Waals surface area contributed by atoms with Crippen molar-refractivity contribution in [2.75, 3.05) is 0 Å². The van der Waals surface area contributed by atoms with Gasteiger partial charge in [0.05, 0.1) is 28.6 Å². The molecule has 0 saturated carbocycles. The summed E-state index contributed by atoms with van der Waals surface area (Å²) in [6, 6.07) is -0.292. The molecule has 2 aromatic rings. The molecule has 2 aromatic heterocycles. The second-order valence-corrected chi connectivity index (χ2v) is 7.49. The molecule has 2 aliphatic heterocycles. The van der Waals surface area contributed by atoms with E-state index in [1.807, 2.05) is 24.4 Å². The van der Waals surface area contributed by atoms with Gasteiger partial charge in [0.15, 0.2) is 0 Å². The summed E-state index contributed by atoms with van der Waals surface area (Å²) in [4.78, 5) is 31.6. The molecule has 1 saturated heterocycles. The summed E-state index contributed by atoms with van der Waals surface area (Å²) in [6.07, 6.45) is 2.77. The number of fused-ring (bicyclic) bond motifs is 2. The molecule has 1 fully saturated rings. The van der Waals surface area contributed by atoms with Crippen molar-refractivity contribution in [2.45, 2.75) is 32.9 Å². The van der Waals surface area contributed by atoms with Crippen LogP contribution in [0.3, 0.4) is 0 Å². The fourth-order valence-electron chi connectivity index (χ4n) is 3.94. The second-order valence-electron chi connectivity index (χ2n) is 6.46. The van der Waals surface area contributed by atoms with E-state index in [4.69, 9.17) is 0 Å². The molecule has 4 rings (SSSR count). The van der Waals surface area contributed by atoms with Gasteiger partial charge in [-0.1, -0.05) is 6.92 Å². The summed E-state index contributed by atoms with van der Waals surface area (Å²) in [6.45, 7) is 5.40. The zero-order valence-electron chi connectivity index (χ0n) is 13.4. The second kappa shape index (κ2) is 4.90. The first-order chi connectivity index (χ1) is 11.3. The molecule has 0 radical (unpaired) electrons. The molecule has 4 atom stereocenters. The van der Waals surface area contributed by atoms with Crippen LogP contribution in [0.25, 0.3) is 10.4 Å². The molecule has 0 aromatic carbocycles. The predicted molar refractivity (Wildman–Crippen MR) is 87.3 cm³/mol. The van der Waals surface area contributed by atoms with Gasteiger partial charge >= 0.3 is 5.97 Å². The minimum atomic E-state index is -1.11. The smallest absolute Gasteiger partial charge is 0.352 e. The molecule has 24 heavy (non-hydrogen) atoms. The molecule has 0 unspecified atom stereocenters. The average molecular weight is 347 g/mol. The number of rotatable bonds is 3. The molecule has 2 N–H and O–H groups in total. The Bertz CT molecular complexity index is 910. The molecule has 7 nitrogen and oxygen atoms in total. The number of carboxylic acids is 1. The van der Waals surface area contributed by atoms with Crippen LogP contribution in [0.4, 0.5) is 0 Å². The maximum absolute atomic E-state index is 12.4. The first-order valence-electron chi connectivity index (χ1n) is 7.75. The highest BCUT2D eigenvalue weighted by Gasteiger charge is 2.60. The van der Waals surface area contributed by atoms with E-state index in [-0.39, 0.29) is 23.6 Å². The molecule has 0 aliphatic carbocycles. The van der Waals surface area contributed by atoms with Crippen LogP contribution < -0.4 is 0 Å². The van der Waals surface area contributed by atoms with Gasteiger partial charge in [0, 0.05) is 17.7 Å². The Kier molecular flexibility index (Phi) is 3.14. The van der Waals surface area contributed by atoms with Crippen LogP contribution in [-0.4, -0.2) is 48.5 Å². The molecular formula is C16H17N3O4S. The highest BCUT2D eigenvalue weighted by atomic mass is 32.1. The van der Waals surface area contributed by atoms with Gasteiger partial charge in [-0.05, 0) is 13.8 Å². The largest absolute Gasteiger partial charge is 0.477 e. The monoisotopic (exact) mass is 347 g/mol. The highest BCUT2D eigenvalue weighted by Crippen LogP contribution is 2.51. The van der Waals surface area contributed by atoms with Crippen molar-refractivity contribution < 1.29 is 19.8 Å². The van der Waals surface area contributed by atoms with Gasteiger partial charge in [-0.15, -0.1) is 11.3 Å². The van der Waals surface area contributed by atoms with Gasteiger partial charge in [0.2, 0.25) is 5.91 Å². The van der Waals surface area contributed by atoms with Crippen molar-refractivity contribution in [3.8, 4) is 0 Å². The number of imidazole rings is 1. The number of hydrogen-bond acceptors (Lipinski definition) is 5. The minimum Gasteiger partial charge on any atom is -0.477 e. The van der Waals surface area contributed by atoms with Crippen molar-refractivity contribution >= 4 is 33.6 Å². The van der Waals surface area contributed by atoms with Gasteiger partial charge in [0.25, 0.3) is 0 Å². The molecule has 0 spiro atoms. The van der Waals surface area contributed by atoms with Gasteiger partial charge in [-0.25, -0.2) is 9.78 Å². The first-order valence-corrected chi connectivity index (χ1v) is 8.56. The number of β-lactam (4-membered cyclic amide) rings is 1. The highest BCUT2D eigenvalue weighted by molar-refractivity contribution is 7.18. The van der Waals surface area contributed by atoms with Gasteiger partial charge in [0.1, 0.15) is 16.9 Å². The number of aliphatic hydroxyl groups is 1. The van der Waals surface area contributed by atoms with Gasteiger partial charge < -0.3 is 15.1 Å². The molecule has 126 valence electrons.